The van der Waals surface area contributed by atoms with Crippen molar-refractivity contribution in [3.63, 3.8) is 0 Å². The Morgan fingerprint density at radius 2 is 1.90 bits per heavy atom. The lowest BCUT2D eigenvalue weighted by atomic mass is 10.0. The van der Waals surface area contributed by atoms with Crippen molar-refractivity contribution >= 4 is 40.0 Å². The quantitative estimate of drug-likeness (QED) is 0.195. The number of benzene rings is 1. The third-order valence-electron chi connectivity index (χ3n) is 5.23. The van der Waals surface area contributed by atoms with Gasteiger partial charge in [0.2, 0.25) is 10.0 Å². The van der Waals surface area contributed by atoms with E-state index in [0.29, 0.717) is 29.0 Å². The maximum atomic E-state index is 12.8. The summed E-state index contributed by atoms with van der Waals surface area (Å²) in [6, 6.07) is 7.74. The fraction of sp³-hybridized carbons (Fsp3) is 0.682. The normalized spacial score (nSPS) is 18.4. The van der Waals surface area contributed by atoms with E-state index >= 15 is 0 Å². The molecule has 0 radical (unpaired) electrons. The molecule has 1 aromatic rings. The number of aliphatic imine (C=N–C) groups is 1. The maximum Gasteiger partial charge on any atom is 0.241 e. The molecule has 0 spiro atoms. The summed E-state index contributed by atoms with van der Waals surface area (Å²) in [6.07, 6.45) is 4.98. The van der Waals surface area contributed by atoms with Crippen LogP contribution in [-0.2, 0) is 16.6 Å². The Hall–Kier alpha value is -0.910. The number of hydrogen-bond acceptors (Lipinski definition) is 4. The lowest BCUT2D eigenvalue weighted by Gasteiger charge is -2.33. The van der Waals surface area contributed by atoms with Gasteiger partial charge in [0.15, 0.2) is 5.96 Å². The highest BCUT2D eigenvalue weighted by Gasteiger charge is 2.24. The van der Waals surface area contributed by atoms with Gasteiger partial charge in [-0.1, -0.05) is 24.6 Å². The Balaban J connectivity index is 0.00000480. The van der Waals surface area contributed by atoms with E-state index in [9.17, 15) is 8.42 Å². The SMILES string of the molecule is CN=C(NCCCN1CCCCC1C)NCc1ccccc1S(=O)(=O)NC(C)(C)C.I. The van der Waals surface area contributed by atoms with Crippen LogP contribution in [0.5, 0.6) is 0 Å². The van der Waals surface area contributed by atoms with Gasteiger partial charge in [-0.2, -0.15) is 0 Å². The molecule has 2 rings (SSSR count). The summed E-state index contributed by atoms with van der Waals surface area (Å²) in [5.74, 6) is 0.678. The number of nitrogens with one attached hydrogen (secondary N) is 3. The van der Waals surface area contributed by atoms with Gasteiger partial charge in [0.05, 0.1) is 4.90 Å². The minimum Gasteiger partial charge on any atom is -0.356 e. The minimum atomic E-state index is -3.60. The zero-order valence-electron chi connectivity index (χ0n) is 19.6. The molecule has 1 aromatic carbocycles. The van der Waals surface area contributed by atoms with Crippen molar-refractivity contribution in [2.24, 2.45) is 4.99 Å². The molecule has 3 N–H and O–H groups in total. The number of hydrogen-bond donors (Lipinski definition) is 3. The highest BCUT2D eigenvalue weighted by molar-refractivity contribution is 14.0. The van der Waals surface area contributed by atoms with Crippen LogP contribution in [0.15, 0.2) is 34.2 Å². The Kier molecular flexibility index (Phi) is 11.8. The van der Waals surface area contributed by atoms with Gasteiger partial charge < -0.3 is 15.5 Å². The van der Waals surface area contributed by atoms with Gasteiger partial charge in [-0.15, -0.1) is 24.0 Å². The van der Waals surface area contributed by atoms with Crippen LogP contribution in [0.2, 0.25) is 0 Å². The Bertz CT molecular complexity index is 808. The standard InChI is InChI=1S/C22H39N5O2S.HI/c1-18-11-8-9-15-27(18)16-10-14-24-21(23-5)25-17-19-12-6-7-13-20(19)30(28,29)26-22(2,3)4;/h6-7,12-13,18,26H,8-11,14-17H2,1-5H3,(H2,23,24,25);1H. The van der Waals surface area contributed by atoms with Crippen molar-refractivity contribution in [3.8, 4) is 0 Å². The summed E-state index contributed by atoms with van der Waals surface area (Å²) in [5, 5.41) is 6.58. The zero-order chi connectivity index (χ0) is 22.2. The molecule has 0 aromatic heterocycles. The average molecular weight is 566 g/mol. The molecule has 1 aliphatic heterocycles. The molecular weight excluding hydrogens is 525 g/mol. The van der Waals surface area contributed by atoms with Crippen molar-refractivity contribution in [1.29, 1.82) is 0 Å². The van der Waals surface area contributed by atoms with E-state index in [-0.39, 0.29) is 24.0 Å². The number of likely N-dealkylation sites (tertiary alicyclic amines) is 1. The van der Waals surface area contributed by atoms with Gasteiger partial charge >= 0.3 is 0 Å². The van der Waals surface area contributed by atoms with E-state index in [1.165, 1.54) is 25.8 Å². The van der Waals surface area contributed by atoms with Crippen molar-refractivity contribution in [2.75, 3.05) is 26.7 Å². The van der Waals surface area contributed by atoms with Crippen molar-refractivity contribution < 1.29 is 8.42 Å². The third kappa shape index (κ3) is 9.63. The van der Waals surface area contributed by atoms with Crippen LogP contribution in [0.25, 0.3) is 0 Å². The third-order valence-corrected chi connectivity index (χ3v) is 7.09. The van der Waals surface area contributed by atoms with Gasteiger partial charge in [0.1, 0.15) is 0 Å². The fourth-order valence-corrected chi connectivity index (χ4v) is 5.41. The van der Waals surface area contributed by atoms with Crippen molar-refractivity contribution in [3.05, 3.63) is 29.8 Å². The largest absolute Gasteiger partial charge is 0.356 e. The Labute approximate surface area is 205 Å². The lowest BCUT2D eigenvalue weighted by Crippen LogP contribution is -2.42. The van der Waals surface area contributed by atoms with Crippen LogP contribution in [0.4, 0.5) is 0 Å². The molecule has 0 bridgehead atoms. The van der Waals surface area contributed by atoms with Crippen molar-refractivity contribution in [2.45, 2.75) is 76.4 Å². The van der Waals surface area contributed by atoms with E-state index in [0.717, 1.165) is 19.5 Å². The number of halogens is 1. The molecule has 178 valence electrons. The number of nitrogens with zero attached hydrogens (tertiary/aromatic N) is 2. The van der Waals surface area contributed by atoms with E-state index in [4.69, 9.17) is 0 Å². The van der Waals surface area contributed by atoms with Gasteiger partial charge in [-0.05, 0) is 65.1 Å². The predicted octanol–water partition coefficient (Wildman–Crippen LogP) is 3.31. The molecule has 1 unspecified atom stereocenters. The molecule has 7 nitrogen and oxygen atoms in total. The van der Waals surface area contributed by atoms with Crippen molar-refractivity contribution in [1.82, 2.24) is 20.3 Å². The second-order valence-corrected chi connectivity index (χ2v) is 10.7. The first kappa shape index (κ1) is 28.1. The van der Waals surface area contributed by atoms with Gasteiger partial charge in [-0.3, -0.25) is 4.99 Å². The van der Waals surface area contributed by atoms with Crippen LogP contribution in [0.3, 0.4) is 0 Å². The van der Waals surface area contributed by atoms with Crippen LogP contribution in [-0.4, -0.2) is 57.5 Å². The molecule has 0 aliphatic carbocycles. The maximum absolute atomic E-state index is 12.8. The zero-order valence-corrected chi connectivity index (χ0v) is 22.7. The molecule has 9 heteroatoms. The highest BCUT2D eigenvalue weighted by atomic mass is 127. The summed E-state index contributed by atoms with van der Waals surface area (Å²) in [4.78, 5) is 7.12. The molecular formula is C22H40IN5O2S. The summed E-state index contributed by atoms with van der Waals surface area (Å²) in [7, 11) is -1.87. The average Bonchev–Trinajstić information content (AvgIpc) is 2.67. The molecule has 1 aliphatic rings. The topological polar surface area (TPSA) is 85.8 Å². The molecule has 31 heavy (non-hydrogen) atoms. The number of guanidine groups is 1. The minimum absolute atomic E-state index is 0. The monoisotopic (exact) mass is 565 g/mol. The fourth-order valence-electron chi connectivity index (χ4n) is 3.75. The van der Waals surface area contributed by atoms with E-state index in [1.807, 2.05) is 32.9 Å². The second kappa shape index (κ2) is 13.0. The van der Waals surface area contributed by atoms with Crippen LogP contribution < -0.4 is 15.4 Å². The molecule has 0 saturated carbocycles. The first-order chi connectivity index (χ1) is 14.1. The summed E-state index contributed by atoms with van der Waals surface area (Å²) in [6.45, 7) is 11.3. The van der Waals surface area contributed by atoms with Crippen LogP contribution in [0, 0.1) is 0 Å². The highest BCUT2D eigenvalue weighted by Crippen LogP contribution is 2.18. The molecule has 1 atom stereocenters. The molecule has 1 saturated heterocycles. The van der Waals surface area contributed by atoms with E-state index < -0.39 is 15.6 Å². The van der Waals surface area contributed by atoms with Gasteiger partial charge in [-0.25, -0.2) is 13.1 Å². The Morgan fingerprint density at radius 3 is 2.55 bits per heavy atom. The number of rotatable bonds is 8. The molecule has 0 amide bonds. The van der Waals surface area contributed by atoms with Gasteiger partial charge in [0, 0.05) is 38.3 Å². The second-order valence-electron chi connectivity index (χ2n) is 9.05. The first-order valence-corrected chi connectivity index (χ1v) is 12.4. The van der Waals surface area contributed by atoms with Crippen LogP contribution >= 0.6 is 24.0 Å². The number of piperidine rings is 1. The lowest BCUT2D eigenvalue weighted by molar-refractivity contribution is 0.159. The smallest absolute Gasteiger partial charge is 0.241 e. The Morgan fingerprint density at radius 1 is 1.19 bits per heavy atom. The summed E-state index contributed by atoms with van der Waals surface area (Å²) in [5.41, 5.74) is 0.169. The van der Waals surface area contributed by atoms with Gasteiger partial charge in [0.25, 0.3) is 0 Å². The summed E-state index contributed by atoms with van der Waals surface area (Å²) >= 11 is 0. The van der Waals surface area contributed by atoms with E-state index in [1.54, 1.807) is 19.2 Å². The molecule has 1 fully saturated rings. The molecule has 1 heterocycles. The predicted molar refractivity (Wildman–Crippen MR) is 140 cm³/mol. The van der Waals surface area contributed by atoms with E-state index in [2.05, 4.69) is 32.2 Å². The summed E-state index contributed by atoms with van der Waals surface area (Å²) < 4.78 is 28.3. The first-order valence-electron chi connectivity index (χ1n) is 10.9. The van der Waals surface area contributed by atoms with Crippen LogP contribution in [0.1, 0.15) is 58.9 Å². The number of sulfonamides is 1.